The lowest BCUT2D eigenvalue weighted by Gasteiger charge is -2.06. The first-order chi connectivity index (χ1) is 3.84. The Kier molecular flexibility index (Phi) is 1.92. The highest BCUT2D eigenvalue weighted by Gasteiger charge is 2.37. The fourth-order valence-corrected chi connectivity index (χ4v) is 0.961. The summed E-state index contributed by atoms with van der Waals surface area (Å²) < 4.78 is 8.25. The minimum atomic E-state index is 0.315. The summed E-state index contributed by atoms with van der Waals surface area (Å²) in [7, 11) is 2.33. The molecule has 1 rings (SSSR count). The molecule has 2 nitrogen and oxygen atoms in total. The van der Waals surface area contributed by atoms with E-state index in [0.29, 0.717) is 7.12 Å². The van der Waals surface area contributed by atoms with E-state index in [1.165, 1.54) is 0 Å². The Bertz CT molecular complexity index is 76.8. The lowest BCUT2D eigenvalue weighted by atomic mass is 9.86. The van der Waals surface area contributed by atoms with Crippen molar-refractivity contribution in [2.75, 3.05) is 20.3 Å². The molecule has 0 aromatic carbocycles. The molecule has 0 aromatic heterocycles. The van der Waals surface area contributed by atoms with Gasteiger partial charge < -0.3 is 8.94 Å². The largest absolute Gasteiger partial charge is 0.694 e. The summed E-state index contributed by atoms with van der Waals surface area (Å²) in [5, 5.41) is 0. The highest BCUT2D eigenvalue weighted by atomic mass is 16.7. The predicted octanol–water partition coefficient (Wildman–Crippen LogP) is 0.707. The van der Waals surface area contributed by atoms with Gasteiger partial charge in [0.05, 0.1) is 0 Å². The van der Waals surface area contributed by atoms with Gasteiger partial charge in [-0.1, -0.05) is 6.92 Å². The van der Waals surface area contributed by atoms with Crippen LogP contribution in [0.1, 0.15) is 6.92 Å². The third-order valence-corrected chi connectivity index (χ3v) is 1.49. The molecule has 3 heteroatoms. The molecule has 46 valence electrons. The van der Waals surface area contributed by atoms with Crippen molar-refractivity contribution in [2.24, 2.45) is 0 Å². The maximum Gasteiger partial charge on any atom is 0.694 e. The highest BCUT2D eigenvalue weighted by molar-refractivity contribution is 6.45. The van der Waals surface area contributed by atoms with Crippen LogP contribution in [-0.4, -0.2) is 27.4 Å². The molecule has 0 aromatic rings. The van der Waals surface area contributed by atoms with Crippen LogP contribution in [0.15, 0.2) is 0 Å². The average Bonchev–Trinajstić information content (AvgIpc) is 2.14. The summed E-state index contributed by atoms with van der Waals surface area (Å²) in [6, 6.07) is 0. The summed E-state index contributed by atoms with van der Waals surface area (Å²) in [5.74, 6) is 0. The van der Waals surface area contributed by atoms with Gasteiger partial charge in [-0.15, -0.1) is 0 Å². The van der Waals surface area contributed by atoms with Crippen LogP contribution in [0.5, 0.6) is 0 Å². The monoisotopic (exact) mass is 115 g/mol. The molecule has 0 bridgehead atoms. The van der Waals surface area contributed by atoms with Crippen LogP contribution >= 0.6 is 0 Å². The van der Waals surface area contributed by atoms with E-state index in [-0.39, 0.29) is 0 Å². The summed E-state index contributed by atoms with van der Waals surface area (Å²) in [5.41, 5.74) is 0. The summed E-state index contributed by atoms with van der Waals surface area (Å²) >= 11 is 0. The lowest BCUT2D eigenvalue weighted by molar-refractivity contribution is 0.0821. The second-order valence-corrected chi connectivity index (χ2v) is 2.10. The second kappa shape index (κ2) is 2.51. The zero-order valence-corrected chi connectivity index (χ0v) is 5.52. The van der Waals surface area contributed by atoms with E-state index >= 15 is 0 Å². The minimum absolute atomic E-state index is 0.315. The van der Waals surface area contributed by atoms with E-state index in [1.54, 1.807) is 0 Å². The van der Waals surface area contributed by atoms with Crippen LogP contribution in [0.4, 0.5) is 0 Å². The van der Waals surface area contributed by atoms with Gasteiger partial charge in [0.1, 0.15) is 20.3 Å². The normalized spacial score (nSPS) is 22.5. The molecule has 0 amide bonds. The van der Waals surface area contributed by atoms with Gasteiger partial charge in [-0.3, -0.25) is 0 Å². The topological polar surface area (TPSA) is 11.9 Å². The molecule has 0 atom stereocenters. The molecule has 0 spiro atoms. The fourth-order valence-electron chi connectivity index (χ4n) is 0.961. The Balaban J connectivity index is 2.30. The molecule has 1 aliphatic rings. The van der Waals surface area contributed by atoms with E-state index < -0.39 is 0 Å². The number of hydrogen-bond acceptors (Lipinski definition) is 1. The van der Waals surface area contributed by atoms with Gasteiger partial charge in [0.25, 0.3) is 0 Å². The van der Waals surface area contributed by atoms with Crippen LogP contribution in [0.2, 0.25) is 6.32 Å². The zero-order valence-electron chi connectivity index (χ0n) is 5.52. The standard InChI is InChI=1S/C5H12BO2/c1-3-6-7-4-5-8(6)2/h3-5H2,1-2H3/q+1. The summed E-state index contributed by atoms with van der Waals surface area (Å²) in [6.45, 7) is 4.01. The van der Waals surface area contributed by atoms with Crippen molar-refractivity contribution in [3.05, 3.63) is 0 Å². The quantitative estimate of drug-likeness (QED) is 0.362. The van der Waals surface area contributed by atoms with Gasteiger partial charge in [-0.2, -0.15) is 0 Å². The average molecular weight is 115 g/mol. The first kappa shape index (κ1) is 6.11. The van der Waals surface area contributed by atoms with Crippen LogP contribution in [0.25, 0.3) is 0 Å². The first-order valence-corrected chi connectivity index (χ1v) is 3.07. The summed E-state index contributed by atoms with van der Waals surface area (Å²) in [4.78, 5) is 0. The van der Waals surface area contributed by atoms with Crippen molar-refractivity contribution >= 4 is 7.12 Å². The fraction of sp³-hybridized carbons (Fsp3) is 1.00. The molecule has 1 fully saturated rings. The molecule has 0 N–H and O–H groups in total. The van der Waals surface area contributed by atoms with Gasteiger partial charge >= 0.3 is 7.12 Å². The Labute approximate surface area is 50.6 Å². The molecule has 8 heavy (non-hydrogen) atoms. The van der Waals surface area contributed by atoms with Gasteiger partial charge in [0.2, 0.25) is 0 Å². The smallest absolute Gasteiger partial charge is 0.505 e. The van der Waals surface area contributed by atoms with Crippen LogP contribution in [0, 0.1) is 0 Å². The molecule has 1 saturated heterocycles. The van der Waals surface area contributed by atoms with Gasteiger partial charge in [-0.05, 0) is 0 Å². The Morgan fingerprint density at radius 3 is 2.75 bits per heavy atom. The van der Waals surface area contributed by atoms with E-state index in [1.807, 2.05) is 7.11 Å². The Morgan fingerprint density at radius 2 is 2.50 bits per heavy atom. The zero-order chi connectivity index (χ0) is 5.98. The molecular weight excluding hydrogens is 103 g/mol. The van der Waals surface area contributed by atoms with Gasteiger partial charge in [0.15, 0.2) is 0 Å². The molecule has 0 unspecified atom stereocenters. The van der Waals surface area contributed by atoms with E-state index in [4.69, 9.17) is 4.65 Å². The SMILES string of the molecule is CCB1OCC[O+]1C. The van der Waals surface area contributed by atoms with Crippen LogP contribution < -0.4 is 0 Å². The van der Waals surface area contributed by atoms with E-state index in [2.05, 4.69) is 11.2 Å². The Morgan fingerprint density at radius 1 is 1.75 bits per heavy atom. The van der Waals surface area contributed by atoms with Gasteiger partial charge in [-0.25, -0.2) is 0 Å². The predicted molar refractivity (Wildman–Crippen MR) is 34.1 cm³/mol. The number of hydrogen-bond donors (Lipinski definition) is 0. The van der Waals surface area contributed by atoms with Crippen molar-refractivity contribution < 1.29 is 8.94 Å². The highest BCUT2D eigenvalue weighted by Crippen LogP contribution is 2.10. The molecular formula is C5H12BO2+. The van der Waals surface area contributed by atoms with Crippen molar-refractivity contribution in [3.8, 4) is 0 Å². The third kappa shape index (κ3) is 1.04. The van der Waals surface area contributed by atoms with Crippen molar-refractivity contribution in [2.45, 2.75) is 13.2 Å². The first-order valence-electron chi connectivity index (χ1n) is 3.07. The van der Waals surface area contributed by atoms with Crippen LogP contribution in [0.3, 0.4) is 0 Å². The molecule has 0 saturated carbocycles. The Hall–Kier alpha value is -0.0151. The van der Waals surface area contributed by atoms with Gasteiger partial charge in [0, 0.05) is 6.32 Å². The van der Waals surface area contributed by atoms with E-state index in [0.717, 1.165) is 19.5 Å². The van der Waals surface area contributed by atoms with Crippen LogP contribution in [-0.2, 0) is 8.94 Å². The van der Waals surface area contributed by atoms with Crippen molar-refractivity contribution in [3.63, 3.8) is 0 Å². The maximum atomic E-state index is 5.30. The minimum Gasteiger partial charge on any atom is -0.505 e. The molecule has 0 aliphatic carbocycles. The number of rotatable bonds is 1. The molecule has 1 heterocycles. The van der Waals surface area contributed by atoms with E-state index in [9.17, 15) is 0 Å². The second-order valence-electron chi connectivity index (χ2n) is 2.10. The van der Waals surface area contributed by atoms with Crippen molar-refractivity contribution in [1.82, 2.24) is 0 Å². The third-order valence-electron chi connectivity index (χ3n) is 1.49. The molecule has 1 aliphatic heterocycles. The lowest BCUT2D eigenvalue weighted by Crippen LogP contribution is -2.21. The molecule has 0 radical (unpaired) electrons. The summed E-state index contributed by atoms with van der Waals surface area (Å²) in [6.07, 6.45) is 1.07. The maximum absolute atomic E-state index is 5.30. The van der Waals surface area contributed by atoms with Crippen molar-refractivity contribution in [1.29, 1.82) is 0 Å².